The lowest BCUT2D eigenvalue weighted by molar-refractivity contribution is 0.831. The molecule has 0 N–H and O–H groups in total. The molecule has 5 rings (SSSR count). The van der Waals surface area contributed by atoms with Crippen molar-refractivity contribution in [3.05, 3.63) is 108 Å². The number of aromatic nitrogens is 3. The summed E-state index contributed by atoms with van der Waals surface area (Å²) < 4.78 is 2.30. The lowest BCUT2D eigenvalue weighted by Gasteiger charge is -2.11. The van der Waals surface area contributed by atoms with Crippen LogP contribution in [-0.2, 0) is 6.54 Å². The van der Waals surface area contributed by atoms with Gasteiger partial charge in [-0.25, -0.2) is 9.97 Å². The lowest BCUT2D eigenvalue weighted by Crippen LogP contribution is -2.03. The largest absolute Gasteiger partial charge is 0.321 e. The fraction of sp³-hybridized carbons (Fsp3) is 0.0769. The fourth-order valence-corrected chi connectivity index (χ4v) is 3.78. The Morgan fingerprint density at radius 1 is 0.724 bits per heavy atom. The van der Waals surface area contributed by atoms with E-state index in [-0.39, 0.29) is 0 Å². The molecule has 5 aromatic rings. The maximum atomic E-state index is 4.68. The molecule has 0 aliphatic heterocycles. The van der Waals surface area contributed by atoms with Crippen molar-refractivity contribution in [2.24, 2.45) is 0 Å². The average Bonchev–Trinajstić information content (AvgIpc) is 3.14. The summed E-state index contributed by atoms with van der Waals surface area (Å²) in [5.41, 5.74) is 7.87. The van der Waals surface area contributed by atoms with Crippen LogP contribution in [0.25, 0.3) is 33.5 Å². The van der Waals surface area contributed by atoms with E-state index in [1.54, 1.807) is 6.33 Å². The molecular formula is C26H21N3. The van der Waals surface area contributed by atoms with E-state index in [2.05, 4.69) is 88.2 Å². The molecule has 2 heterocycles. The number of hydrogen-bond donors (Lipinski definition) is 0. The summed E-state index contributed by atoms with van der Waals surface area (Å²) in [7, 11) is 0. The third kappa shape index (κ3) is 3.32. The van der Waals surface area contributed by atoms with Crippen molar-refractivity contribution in [1.82, 2.24) is 14.5 Å². The zero-order valence-electron chi connectivity index (χ0n) is 16.3. The monoisotopic (exact) mass is 375 g/mol. The van der Waals surface area contributed by atoms with Crippen LogP contribution in [0.2, 0.25) is 0 Å². The minimum Gasteiger partial charge on any atom is -0.321 e. The van der Waals surface area contributed by atoms with Gasteiger partial charge in [-0.2, -0.15) is 0 Å². The van der Waals surface area contributed by atoms with Crippen LogP contribution in [0.15, 0.2) is 97.3 Å². The van der Waals surface area contributed by atoms with Crippen LogP contribution in [0, 0.1) is 6.92 Å². The summed E-state index contributed by atoms with van der Waals surface area (Å²) >= 11 is 0. The van der Waals surface area contributed by atoms with E-state index in [9.17, 15) is 0 Å². The highest BCUT2D eigenvalue weighted by Crippen LogP contribution is 2.33. The van der Waals surface area contributed by atoms with E-state index in [1.807, 2.05) is 24.3 Å². The summed E-state index contributed by atoms with van der Waals surface area (Å²) in [6.45, 7) is 2.88. The molecular weight excluding hydrogens is 354 g/mol. The molecule has 0 unspecified atom stereocenters. The molecule has 3 aromatic carbocycles. The minimum absolute atomic E-state index is 0.763. The van der Waals surface area contributed by atoms with E-state index in [4.69, 9.17) is 0 Å². The molecule has 29 heavy (non-hydrogen) atoms. The fourth-order valence-electron chi connectivity index (χ4n) is 3.78. The van der Waals surface area contributed by atoms with Crippen molar-refractivity contribution in [2.45, 2.75) is 13.5 Å². The maximum Gasteiger partial charge on any atom is 0.144 e. The lowest BCUT2D eigenvalue weighted by atomic mass is 10.1. The van der Waals surface area contributed by atoms with E-state index in [0.717, 1.165) is 34.5 Å². The summed E-state index contributed by atoms with van der Waals surface area (Å²) in [5.74, 6) is 0. The van der Waals surface area contributed by atoms with Crippen LogP contribution in [0.5, 0.6) is 0 Å². The van der Waals surface area contributed by atoms with Gasteiger partial charge < -0.3 is 4.57 Å². The first kappa shape index (κ1) is 17.4. The van der Waals surface area contributed by atoms with Gasteiger partial charge in [-0.3, -0.25) is 0 Å². The predicted octanol–water partition coefficient (Wildman–Crippen LogP) is 6.12. The summed E-state index contributed by atoms with van der Waals surface area (Å²) in [4.78, 5) is 9.30. The normalized spacial score (nSPS) is 11.1. The van der Waals surface area contributed by atoms with Crippen molar-refractivity contribution >= 4 is 11.0 Å². The standard InChI is InChI=1S/C26H21N3/c1-19-12-14-21(15-13-19)24-16-23-25(22-10-6-3-7-11-22)27-18-28-26(23)29(24)17-20-8-4-2-5-9-20/h2-16,18H,17H2,1H3. The first-order chi connectivity index (χ1) is 14.3. The topological polar surface area (TPSA) is 30.7 Å². The Morgan fingerprint density at radius 3 is 2.14 bits per heavy atom. The molecule has 3 heteroatoms. The van der Waals surface area contributed by atoms with Crippen molar-refractivity contribution in [1.29, 1.82) is 0 Å². The Morgan fingerprint density at radius 2 is 1.41 bits per heavy atom. The van der Waals surface area contributed by atoms with E-state index in [1.165, 1.54) is 16.7 Å². The van der Waals surface area contributed by atoms with E-state index < -0.39 is 0 Å². The number of fused-ring (bicyclic) bond motifs is 1. The Labute approximate surface area is 170 Å². The van der Waals surface area contributed by atoms with Crippen LogP contribution >= 0.6 is 0 Å². The summed E-state index contributed by atoms with van der Waals surface area (Å²) in [6.07, 6.45) is 1.67. The number of rotatable bonds is 4. The molecule has 2 aromatic heterocycles. The average molecular weight is 375 g/mol. The van der Waals surface area contributed by atoms with Crippen LogP contribution in [0.1, 0.15) is 11.1 Å². The van der Waals surface area contributed by atoms with Gasteiger partial charge in [0.1, 0.15) is 12.0 Å². The number of nitrogens with zero attached hydrogens (tertiary/aromatic N) is 3. The molecule has 0 saturated heterocycles. The van der Waals surface area contributed by atoms with Gasteiger partial charge in [-0.05, 0) is 24.1 Å². The zero-order valence-corrected chi connectivity index (χ0v) is 16.3. The molecule has 0 bridgehead atoms. The van der Waals surface area contributed by atoms with Gasteiger partial charge in [0.05, 0.1) is 11.4 Å². The minimum atomic E-state index is 0.763. The van der Waals surface area contributed by atoms with Crippen LogP contribution in [0.3, 0.4) is 0 Å². The van der Waals surface area contributed by atoms with Crippen molar-refractivity contribution < 1.29 is 0 Å². The molecule has 0 aliphatic rings. The molecule has 0 atom stereocenters. The molecule has 0 spiro atoms. The van der Waals surface area contributed by atoms with Gasteiger partial charge >= 0.3 is 0 Å². The van der Waals surface area contributed by atoms with Crippen molar-refractivity contribution in [2.75, 3.05) is 0 Å². The Bertz CT molecular complexity index is 1250. The van der Waals surface area contributed by atoms with Gasteiger partial charge in [-0.1, -0.05) is 90.5 Å². The molecule has 3 nitrogen and oxygen atoms in total. The first-order valence-electron chi connectivity index (χ1n) is 9.80. The van der Waals surface area contributed by atoms with Gasteiger partial charge in [0.25, 0.3) is 0 Å². The predicted molar refractivity (Wildman–Crippen MR) is 119 cm³/mol. The van der Waals surface area contributed by atoms with Crippen LogP contribution < -0.4 is 0 Å². The molecule has 0 amide bonds. The highest BCUT2D eigenvalue weighted by atomic mass is 15.1. The van der Waals surface area contributed by atoms with Crippen LogP contribution in [-0.4, -0.2) is 14.5 Å². The Kier molecular flexibility index (Phi) is 4.41. The van der Waals surface area contributed by atoms with Gasteiger partial charge in [-0.15, -0.1) is 0 Å². The number of hydrogen-bond acceptors (Lipinski definition) is 2. The van der Waals surface area contributed by atoms with Gasteiger partial charge in [0.2, 0.25) is 0 Å². The molecule has 0 fully saturated rings. The smallest absolute Gasteiger partial charge is 0.144 e. The SMILES string of the molecule is Cc1ccc(-c2cc3c(-c4ccccc4)ncnc3n2Cc2ccccc2)cc1. The third-order valence-electron chi connectivity index (χ3n) is 5.27. The second kappa shape index (κ2) is 7.36. The molecule has 140 valence electrons. The second-order valence-electron chi connectivity index (χ2n) is 7.29. The van der Waals surface area contributed by atoms with Crippen LogP contribution in [0.4, 0.5) is 0 Å². The van der Waals surface area contributed by atoms with E-state index >= 15 is 0 Å². The summed E-state index contributed by atoms with van der Waals surface area (Å²) in [6, 6.07) is 31.7. The van der Waals surface area contributed by atoms with Gasteiger partial charge in [0.15, 0.2) is 0 Å². The molecule has 0 radical (unpaired) electrons. The van der Waals surface area contributed by atoms with Crippen molar-refractivity contribution in [3.63, 3.8) is 0 Å². The number of benzene rings is 3. The third-order valence-corrected chi connectivity index (χ3v) is 5.27. The first-order valence-corrected chi connectivity index (χ1v) is 9.80. The Balaban J connectivity index is 1.75. The van der Waals surface area contributed by atoms with E-state index in [0.29, 0.717) is 0 Å². The zero-order chi connectivity index (χ0) is 19.6. The highest BCUT2D eigenvalue weighted by Gasteiger charge is 2.16. The van der Waals surface area contributed by atoms with Crippen molar-refractivity contribution in [3.8, 4) is 22.5 Å². The highest BCUT2D eigenvalue weighted by molar-refractivity contribution is 5.95. The quantitative estimate of drug-likeness (QED) is 0.379. The second-order valence-corrected chi connectivity index (χ2v) is 7.29. The van der Waals surface area contributed by atoms with Gasteiger partial charge in [0, 0.05) is 17.5 Å². The number of aryl methyl sites for hydroxylation is 1. The Hall–Kier alpha value is -3.72. The summed E-state index contributed by atoms with van der Waals surface area (Å²) in [5, 5.41) is 1.07. The molecule has 0 aliphatic carbocycles. The maximum absolute atomic E-state index is 4.68. The molecule has 0 saturated carbocycles.